The van der Waals surface area contributed by atoms with Crippen LogP contribution in [0.1, 0.15) is 67.5 Å². The van der Waals surface area contributed by atoms with Gasteiger partial charge < -0.3 is 4.90 Å². The number of amides is 1. The summed E-state index contributed by atoms with van der Waals surface area (Å²) >= 11 is 1.27. The van der Waals surface area contributed by atoms with Crippen LogP contribution in [-0.4, -0.2) is 49.7 Å². The third kappa shape index (κ3) is 3.34. The summed E-state index contributed by atoms with van der Waals surface area (Å²) in [6.07, 6.45) is 10.5. The van der Waals surface area contributed by atoms with Gasteiger partial charge in [-0.25, -0.2) is 8.42 Å². The van der Waals surface area contributed by atoms with Crippen LogP contribution in [0.3, 0.4) is 0 Å². The lowest BCUT2D eigenvalue weighted by atomic mass is 9.68. The molecule has 3 heterocycles. The predicted octanol–water partition coefficient (Wildman–Crippen LogP) is 3.72. The van der Waals surface area contributed by atoms with Crippen molar-refractivity contribution >= 4 is 27.3 Å². The molecule has 1 aromatic heterocycles. The molecular weight excluding hydrogens is 368 g/mol. The Morgan fingerprint density at radius 1 is 0.923 bits per heavy atom. The van der Waals surface area contributed by atoms with Gasteiger partial charge in [-0.3, -0.25) is 4.79 Å². The average Bonchev–Trinajstić information content (AvgIpc) is 3.35. The molecule has 1 aromatic rings. The second-order valence-electron chi connectivity index (χ2n) is 8.08. The largest absolute Gasteiger partial charge is 0.338 e. The minimum Gasteiger partial charge on any atom is -0.338 e. The van der Waals surface area contributed by atoms with Gasteiger partial charge in [0.2, 0.25) is 10.0 Å². The van der Waals surface area contributed by atoms with Crippen LogP contribution in [0, 0.1) is 5.41 Å². The smallest absolute Gasteiger partial charge is 0.265 e. The highest BCUT2D eigenvalue weighted by atomic mass is 32.2. The molecule has 0 atom stereocenters. The van der Waals surface area contributed by atoms with Crippen molar-refractivity contribution in [1.82, 2.24) is 9.21 Å². The third-order valence-corrected chi connectivity index (χ3v) is 9.50. The summed E-state index contributed by atoms with van der Waals surface area (Å²) in [5, 5.41) is 1.74. The Balaban J connectivity index is 1.49. The van der Waals surface area contributed by atoms with Crippen LogP contribution in [0.5, 0.6) is 0 Å². The molecule has 5 nitrogen and oxygen atoms in total. The number of sulfonamides is 1. The molecule has 2 saturated heterocycles. The first kappa shape index (κ1) is 18.4. The lowest BCUT2D eigenvalue weighted by Crippen LogP contribution is -2.44. The quantitative estimate of drug-likeness (QED) is 0.782. The fourth-order valence-corrected chi connectivity index (χ4v) is 7.73. The van der Waals surface area contributed by atoms with Crippen molar-refractivity contribution < 1.29 is 13.2 Å². The fraction of sp³-hybridized carbons (Fsp3) is 0.737. The number of nitrogens with zero attached hydrogens (tertiary/aromatic N) is 2. The summed E-state index contributed by atoms with van der Waals surface area (Å²) < 4.78 is 27.3. The van der Waals surface area contributed by atoms with E-state index in [2.05, 4.69) is 0 Å². The van der Waals surface area contributed by atoms with E-state index in [-0.39, 0.29) is 10.8 Å². The van der Waals surface area contributed by atoms with E-state index < -0.39 is 10.0 Å². The maximum Gasteiger partial charge on any atom is 0.265 e. The fourth-order valence-electron chi connectivity index (χ4n) is 4.85. The Kier molecular flexibility index (Phi) is 5.14. The van der Waals surface area contributed by atoms with Gasteiger partial charge in [0, 0.05) is 26.2 Å². The van der Waals surface area contributed by atoms with Gasteiger partial charge >= 0.3 is 0 Å². The predicted molar refractivity (Wildman–Crippen MR) is 103 cm³/mol. The highest BCUT2D eigenvalue weighted by Gasteiger charge is 2.38. The van der Waals surface area contributed by atoms with E-state index in [0.29, 0.717) is 23.4 Å². The number of hydrogen-bond acceptors (Lipinski definition) is 4. The first-order valence-corrected chi connectivity index (χ1v) is 12.2. The van der Waals surface area contributed by atoms with Crippen molar-refractivity contribution in [3.05, 3.63) is 16.3 Å². The zero-order valence-corrected chi connectivity index (χ0v) is 16.9. The molecule has 3 fully saturated rings. The SMILES string of the molecule is O=C(c1sccc1S(=O)(=O)N1CCCC1)N1CCC2(CCCCC2)CC1. The molecule has 1 saturated carbocycles. The summed E-state index contributed by atoms with van der Waals surface area (Å²) in [7, 11) is -3.54. The van der Waals surface area contributed by atoms with Gasteiger partial charge in [-0.05, 0) is 55.4 Å². The summed E-state index contributed by atoms with van der Waals surface area (Å²) in [6.45, 7) is 2.66. The van der Waals surface area contributed by atoms with Gasteiger partial charge in [0.15, 0.2) is 0 Å². The molecule has 1 spiro atoms. The maximum absolute atomic E-state index is 13.1. The number of piperidine rings is 1. The van der Waals surface area contributed by atoms with Crippen LogP contribution in [0.15, 0.2) is 16.3 Å². The van der Waals surface area contributed by atoms with Crippen LogP contribution < -0.4 is 0 Å². The van der Waals surface area contributed by atoms with Crippen LogP contribution in [0.4, 0.5) is 0 Å². The summed E-state index contributed by atoms with van der Waals surface area (Å²) in [4.78, 5) is 15.6. The summed E-state index contributed by atoms with van der Waals surface area (Å²) in [5.74, 6) is -0.0940. The lowest BCUT2D eigenvalue weighted by Gasteiger charge is -2.44. The topological polar surface area (TPSA) is 57.7 Å². The van der Waals surface area contributed by atoms with E-state index in [1.165, 1.54) is 47.7 Å². The molecule has 4 rings (SSSR count). The molecule has 7 heteroatoms. The van der Waals surface area contributed by atoms with Gasteiger partial charge in [0.1, 0.15) is 9.77 Å². The number of carbonyl (C=O) groups excluding carboxylic acids is 1. The molecule has 3 aliphatic rings. The Morgan fingerprint density at radius 2 is 1.58 bits per heavy atom. The van der Waals surface area contributed by atoms with Crippen molar-refractivity contribution in [3.63, 3.8) is 0 Å². The molecule has 0 aromatic carbocycles. The maximum atomic E-state index is 13.1. The van der Waals surface area contributed by atoms with Gasteiger partial charge in [0.05, 0.1) is 0 Å². The highest BCUT2D eigenvalue weighted by molar-refractivity contribution is 7.89. The van der Waals surface area contributed by atoms with E-state index in [1.807, 2.05) is 4.90 Å². The Bertz CT molecular complexity index is 750. The van der Waals surface area contributed by atoms with E-state index in [4.69, 9.17) is 0 Å². The molecule has 0 unspecified atom stereocenters. The number of thiophene rings is 1. The number of likely N-dealkylation sites (tertiary alicyclic amines) is 1. The zero-order chi connectivity index (χ0) is 18.2. The van der Waals surface area contributed by atoms with Crippen LogP contribution in [0.2, 0.25) is 0 Å². The Hall–Kier alpha value is -0.920. The number of hydrogen-bond donors (Lipinski definition) is 0. The second-order valence-corrected chi connectivity index (χ2v) is 10.9. The number of carbonyl (C=O) groups is 1. The normalized spacial score (nSPS) is 24.2. The Morgan fingerprint density at radius 3 is 2.23 bits per heavy atom. The van der Waals surface area contributed by atoms with Crippen LogP contribution in [0.25, 0.3) is 0 Å². The molecule has 2 aliphatic heterocycles. The average molecular weight is 397 g/mol. The highest BCUT2D eigenvalue weighted by Crippen LogP contribution is 2.44. The standard InChI is InChI=1S/C19H28N2O3S2/c22-18(20-13-9-19(10-14-20)7-2-1-3-8-19)17-16(6-15-25-17)26(23,24)21-11-4-5-12-21/h6,15H,1-5,7-14H2. The van der Waals surface area contributed by atoms with E-state index >= 15 is 0 Å². The van der Waals surface area contributed by atoms with Crippen LogP contribution >= 0.6 is 11.3 Å². The van der Waals surface area contributed by atoms with Gasteiger partial charge in [0.25, 0.3) is 5.91 Å². The van der Waals surface area contributed by atoms with Gasteiger partial charge in [-0.15, -0.1) is 11.3 Å². The zero-order valence-electron chi connectivity index (χ0n) is 15.3. The number of rotatable bonds is 3. The molecule has 26 heavy (non-hydrogen) atoms. The third-order valence-electron chi connectivity index (χ3n) is 6.53. The van der Waals surface area contributed by atoms with Gasteiger partial charge in [-0.1, -0.05) is 19.3 Å². The lowest BCUT2D eigenvalue weighted by molar-refractivity contribution is 0.0473. The molecule has 144 valence electrons. The van der Waals surface area contributed by atoms with Gasteiger partial charge in [-0.2, -0.15) is 4.31 Å². The van der Waals surface area contributed by atoms with E-state index in [0.717, 1.165) is 38.8 Å². The molecule has 1 amide bonds. The molecule has 0 radical (unpaired) electrons. The first-order valence-electron chi connectivity index (χ1n) is 9.89. The molecular formula is C19H28N2O3S2. The Labute approximate surface area is 160 Å². The molecule has 1 aliphatic carbocycles. The van der Waals surface area contributed by atoms with E-state index in [9.17, 15) is 13.2 Å². The monoisotopic (exact) mass is 396 g/mol. The minimum absolute atomic E-state index is 0.0940. The minimum atomic E-state index is -3.54. The molecule has 0 N–H and O–H groups in total. The first-order chi connectivity index (χ1) is 12.5. The summed E-state index contributed by atoms with van der Waals surface area (Å²) in [5.41, 5.74) is 0.439. The van der Waals surface area contributed by atoms with Crippen molar-refractivity contribution in [2.45, 2.75) is 62.7 Å². The van der Waals surface area contributed by atoms with Crippen LogP contribution in [-0.2, 0) is 10.0 Å². The van der Waals surface area contributed by atoms with Crippen molar-refractivity contribution in [2.24, 2.45) is 5.41 Å². The molecule has 0 bridgehead atoms. The summed E-state index contributed by atoms with van der Waals surface area (Å²) in [6, 6.07) is 1.61. The van der Waals surface area contributed by atoms with Crippen molar-refractivity contribution in [1.29, 1.82) is 0 Å². The van der Waals surface area contributed by atoms with E-state index in [1.54, 1.807) is 11.4 Å². The van der Waals surface area contributed by atoms with Crippen molar-refractivity contribution in [3.8, 4) is 0 Å². The van der Waals surface area contributed by atoms with Crippen molar-refractivity contribution in [2.75, 3.05) is 26.2 Å². The second kappa shape index (κ2) is 7.24.